The van der Waals surface area contributed by atoms with E-state index in [1.807, 2.05) is 0 Å². The molecule has 0 bridgehead atoms. The van der Waals surface area contributed by atoms with Gasteiger partial charge in [0, 0.05) is 11.6 Å². The van der Waals surface area contributed by atoms with Gasteiger partial charge in [-0.25, -0.2) is 0 Å². The molecule has 2 nitrogen and oxygen atoms in total. The smallest absolute Gasteiger partial charge is 0.0332 e. The summed E-state index contributed by atoms with van der Waals surface area (Å²) in [6.07, 6.45) is 9.47. The van der Waals surface area contributed by atoms with Crippen molar-refractivity contribution >= 4 is 0 Å². The molecule has 2 heteroatoms. The molecule has 2 rings (SSSR count). The first-order valence-corrected chi connectivity index (χ1v) is 7.19. The van der Waals surface area contributed by atoms with Crippen molar-refractivity contribution in [2.24, 2.45) is 11.7 Å². The molecule has 1 heterocycles. The maximum absolute atomic E-state index is 6.61. The topological polar surface area (TPSA) is 29.3 Å². The molecule has 0 radical (unpaired) electrons. The van der Waals surface area contributed by atoms with Gasteiger partial charge in [0.15, 0.2) is 0 Å². The first kappa shape index (κ1) is 12.4. The van der Waals surface area contributed by atoms with Crippen molar-refractivity contribution in [2.45, 2.75) is 70.4 Å². The fourth-order valence-corrected chi connectivity index (χ4v) is 3.72. The van der Waals surface area contributed by atoms with Gasteiger partial charge in [-0.05, 0) is 58.0 Å². The lowest BCUT2D eigenvalue weighted by molar-refractivity contribution is 0.0762. The summed E-state index contributed by atoms with van der Waals surface area (Å²) in [5.41, 5.74) is 6.86. The minimum absolute atomic E-state index is 0.255. The predicted octanol–water partition coefficient (Wildman–Crippen LogP) is 2.77. The molecule has 0 spiro atoms. The van der Waals surface area contributed by atoms with Gasteiger partial charge in [-0.3, -0.25) is 4.90 Å². The third kappa shape index (κ3) is 2.14. The quantitative estimate of drug-likeness (QED) is 0.795. The van der Waals surface area contributed by atoms with Crippen LogP contribution >= 0.6 is 0 Å². The van der Waals surface area contributed by atoms with Gasteiger partial charge in [-0.2, -0.15) is 0 Å². The zero-order valence-electron chi connectivity index (χ0n) is 11.0. The summed E-state index contributed by atoms with van der Waals surface area (Å²) >= 11 is 0. The van der Waals surface area contributed by atoms with Crippen LogP contribution in [-0.2, 0) is 0 Å². The fraction of sp³-hybridized carbons (Fsp3) is 1.00. The molecule has 2 aliphatic rings. The van der Waals surface area contributed by atoms with E-state index in [1.54, 1.807) is 0 Å². The van der Waals surface area contributed by atoms with Crippen molar-refractivity contribution < 1.29 is 0 Å². The molecule has 16 heavy (non-hydrogen) atoms. The van der Waals surface area contributed by atoms with Crippen molar-refractivity contribution in [1.29, 1.82) is 0 Å². The number of nitrogens with two attached hydrogens (primary N) is 1. The van der Waals surface area contributed by atoms with Crippen LogP contribution in [-0.4, -0.2) is 29.6 Å². The van der Waals surface area contributed by atoms with Crippen LogP contribution in [0.25, 0.3) is 0 Å². The molecule has 0 aromatic rings. The summed E-state index contributed by atoms with van der Waals surface area (Å²) in [7, 11) is 0. The zero-order valence-corrected chi connectivity index (χ0v) is 11.0. The van der Waals surface area contributed by atoms with Crippen molar-refractivity contribution in [3.05, 3.63) is 0 Å². The van der Waals surface area contributed by atoms with E-state index in [9.17, 15) is 0 Å². The summed E-state index contributed by atoms with van der Waals surface area (Å²) in [4.78, 5) is 2.66. The Morgan fingerprint density at radius 2 is 1.75 bits per heavy atom. The van der Waals surface area contributed by atoms with Gasteiger partial charge in [0.25, 0.3) is 0 Å². The number of hydrogen-bond donors (Lipinski definition) is 1. The van der Waals surface area contributed by atoms with Crippen LogP contribution in [0.1, 0.15) is 58.8 Å². The van der Waals surface area contributed by atoms with Gasteiger partial charge >= 0.3 is 0 Å². The minimum atomic E-state index is 0.255. The second kappa shape index (κ2) is 5.05. The maximum Gasteiger partial charge on any atom is 0.0332 e. The summed E-state index contributed by atoms with van der Waals surface area (Å²) in [6.45, 7) is 7.25. The SMILES string of the molecule is CCC(C)(C(N)C1CCCC1)N1CCCC1. The molecular formula is C14H28N2. The highest BCUT2D eigenvalue weighted by Gasteiger charge is 2.41. The van der Waals surface area contributed by atoms with Crippen LogP contribution in [0.15, 0.2) is 0 Å². The Balaban J connectivity index is 2.05. The Morgan fingerprint density at radius 3 is 2.25 bits per heavy atom. The van der Waals surface area contributed by atoms with E-state index in [4.69, 9.17) is 5.73 Å². The lowest BCUT2D eigenvalue weighted by Gasteiger charge is -2.45. The van der Waals surface area contributed by atoms with Gasteiger partial charge in [0.05, 0.1) is 0 Å². The Kier molecular flexibility index (Phi) is 3.91. The van der Waals surface area contributed by atoms with Gasteiger partial charge in [-0.15, -0.1) is 0 Å². The van der Waals surface area contributed by atoms with E-state index in [0.717, 1.165) is 5.92 Å². The monoisotopic (exact) mass is 224 g/mol. The van der Waals surface area contributed by atoms with Crippen LogP contribution in [0.3, 0.4) is 0 Å². The first-order valence-electron chi connectivity index (χ1n) is 7.19. The average Bonchev–Trinajstić information content (AvgIpc) is 2.98. The summed E-state index contributed by atoms with van der Waals surface area (Å²) in [5, 5.41) is 0. The van der Waals surface area contributed by atoms with Crippen molar-refractivity contribution in [3.63, 3.8) is 0 Å². The fourth-order valence-electron chi connectivity index (χ4n) is 3.72. The first-order chi connectivity index (χ1) is 7.68. The van der Waals surface area contributed by atoms with Crippen molar-refractivity contribution in [1.82, 2.24) is 4.90 Å². The van der Waals surface area contributed by atoms with Gasteiger partial charge in [-0.1, -0.05) is 19.8 Å². The molecular weight excluding hydrogens is 196 g/mol. The molecule has 94 valence electrons. The van der Waals surface area contributed by atoms with Crippen LogP contribution in [0.2, 0.25) is 0 Å². The van der Waals surface area contributed by atoms with E-state index in [1.165, 1.54) is 58.0 Å². The average molecular weight is 224 g/mol. The Hall–Kier alpha value is -0.0800. The normalized spacial score (nSPS) is 29.4. The molecule has 1 aliphatic heterocycles. The maximum atomic E-state index is 6.61. The second-order valence-electron chi connectivity index (χ2n) is 5.98. The van der Waals surface area contributed by atoms with Gasteiger partial charge < -0.3 is 5.73 Å². The van der Waals surface area contributed by atoms with E-state index in [0.29, 0.717) is 6.04 Å². The number of hydrogen-bond acceptors (Lipinski definition) is 2. The minimum Gasteiger partial charge on any atom is -0.326 e. The molecule has 2 atom stereocenters. The molecule has 2 N–H and O–H groups in total. The third-order valence-electron chi connectivity index (χ3n) is 5.17. The van der Waals surface area contributed by atoms with Crippen LogP contribution < -0.4 is 5.73 Å². The molecule has 0 aromatic carbocycles. The van der Waals surface area contributed by atoms with Crippen molar-refractivity contribution in [2.75, 3.05) is 13.1 Å². The predicted molar refractivity (Wildman–Crippen MR) is 69.4 cm³/mol. The summed E-state index contributed by atoms with van der Waals surface area (Å²) < 4.78 is 0. The Labute approximate surface area is 101 Å². The standard InChI is InChI=1S/C14H28N2/c1-3-14(2,16-10-6-7-11-16)13(15)12-8-4-5-9-12/h12-13H,3-11,15H2,1-2H3. The van der Waals surface area contributed by atoms with Crippen molar-refractivity contribution in [3.8, 4) is 0 Å². The lowest BCUT2D eigenvalue weighted by atomic mass is 9.79. The van der Waals surface area contributed by atoms with E-state index in [-0.39, 0.29) is 5.54 Å². The van der Waals surface area contributed by atoms with E-state index < -0.39 is 0 Å². The van der Waals surface area contributed by atoms with E-state index >= 15 is 0 Å². The highest BCUT2D eigenvalue weighted by Crippen LogP contribution is 2.36. The highest BCUT2D eigenvalue weighted by atomic mass is 15.2. The molecule has 1 saturated carbocycles. The molecule has 0 amide bonds. The van der Waals surface area contributed by atoms with Crippen LogP contribution in [0.4, 0.5) is 0 Å². The summed E-state index contributed by atoms with van der Waals surface area (Å²) in [5.74, 6) is 0.783. The van der Waals surface area contributed by atoms with Crippen LogP contribution in [0, 0.1) is 5.92 Å². The third-order valence-corrected chi connectivity index (χ3v) is 5.17. The van der Waals surface area contributed by atoms with Gasteiger partial charge in [0.1, 0.15) is 0 Å². The lowest BCUT2D eigenvalue weighted by Crippen LogP contribution is -2.59. The largest absolute Gasteiger partial charge is 0.326 e. The van der Waals surface area contributed by atoms with E-state index in [2.05, 4.69) is 18.7 Å². The second-order valence-corrected chi connectivity index (χ2v) is 5.98. The molecule has 1 saturated heterocycles. The zero-order chi connectivity index (χ0) is 11.6. The number of rotatable bonds is 4. The molecule has 2 unspecified atom stereocenters. The Morgan fingerprint density at radius 1 is 1.19 bits per heavy atom. The molecule has 2 fully saturated rings. The van der Waals surface area contributed by atoms with Crippen LogP contribution in [0.5, 0.6) is 0 Å². The Bertz CT molecular complexity index is 217. The summed E-state index contributed by atoms with van der Waals surface area (Å²) in [6, 6.07) is 0.387. The number of nitrogens with zero attached hydrogens (tertiary/aromatic N) is 1. The van der Waals surface area contributed by atoms with Gasteiger partial charge in [0.2, 0.25) is 0 Å². The number of likely N-dealkylation sites (tertiary alicyclic amines) is 1. The highest BCUT2D eigenvalue weighted by molar-refractivity contribution is 5.00. The molecule has 0 aromatic heterocycles. The molecule has 1 aliphatic carbocycles.